The van der Waals surface area contributed by atoms with Crippen molar-refractivity contribution in [1.29, 1.82) is 0 Å². The van der Waals surface area contributed by atoms with Gasteiger partial charge in [0, 0.05) is 33.2 Å². The van der Waals surface area contributed by atoms with Gasteiger partial charge in [-0.05, 0) is 63.8 Å². The molecule has 2 fully saturated rings. The Bertz CT molecular complexity index is 879. The van der Waals surface area contributed by atoms with E-state index in [0.29, 0.717) is 39.0 Å². The van der Waals surface area contributed by atoms with Crippen LogP contribution in [0.25, 0.3) is 0 Å². The number of hydrogen-bond acceptors (Lipinski definition) is 6. The lowest BCUT2D eigenvalue weighted by atomic mass is 9.97. The van der Waals surface area contributed by atoms with Crippen molar-refractivity contribution in [3.05, 3.63) is 17.5 Å². The molecule has 8 nitrogen and oxygen atoms in total. The number of sulfonamides is 1. The fourth-order valence-corrected chi connectivity index (χ4v) is 7.00. The molecule has 2 saturated heterocycles. The molecule has 0 N–H and O–H groups in total. The van der Waals surface area contributed by atoms with Crippen LogP contribution in [0.2, 0.25) is 0 Å². The maximum atomic E-state index is 13.3. The molecule has 2 atom stereocenters. The van der Waals surface area contributed by atoms with Crippen LogP contribution in [0.5, 0.6) is 0 Å². The number of rotatable bonds is 5. The molecule has 1 aromatic rings. The van der Waals surface area contributed by atoms with Crippen LogP contribution in [-0.4, -0.2) is 79.4 Å². The van der Waals surface area contributed by atoms with Crippen molar-refractivity contribution < 1.29 is 22.7 Å². The first-order chi connectivity index (χ1) is 14.5. The van der Waals surface area contributed by atoms with E-state index in [1.165, 1.54) is 15.6 Å². The number of ether oxygens (including phenoxy) is 1. The number of amides is 2. The second-order valence-corrected chi connectivity index (χ2v) is 12.4. The molecule has 0 spiro atoms. The predicted molar refractivity (Wildman–Crippen MR) is 119 cm³/mol. The van der Waals surface area contributed by atoms with Crippen LogP contribution in [0.4, 0.5) is 4.79 Å². The van der Waals surface area contributed by atoms with Crippen molar-refractivity contribution in [3.8, 4) is 0 Å². The minimum Gasteiger partial charge on any atom is -0.444 e. The highest BCUT2D eigenvalue weighted by molar-refractivity contribution is 7.91. The van der Waals surface area contributed by atoms with Gasteiger partial charge in [-0.1, -0.05) is 6.07 Å². The Labute approximate surface area is 189 Å². The van der Waals surface area contributed by atoms with Crippen LogP contribution in [0.15, 0.2) is 21.7 Å². The molecule has 2 aliphatic rings. The van der Waals surface area contributed by atoms with Crippen LogP contribution in [-0.2, 0) is 19.6 Å². The average Bonchev–Trinajstić information content (AvgIpc) is 3.38. The predicted octanol–water partition coefficient (Wildman–Crippen LogP) is 3.01. The molecular formula is C21H33N3O5S2. The molecule has 0 bridgehead atoms. The molecule has 2 amide bonds. The molecular weight excluding hydrogens is 438 g/mol. The van der Waals surface area contributed by atoms with Crippen LogP contribution in [0, 0.1) is 5.92 Å². The SMILES string of the molecule is CN(CC1CCCN(C(=O)C2CCCN2S(=O)(=O)c2cccs2)C1)C(=O)OC(C)(C)C. The number of nitrogens with zero attached hydrogens (tertiary/aromatic N) is 3. The van der Waals surface area contributed by atoms with Gasteiger partial charge in [-0.25, -0.2) is 13.2 Å². The third-order valence-corrected chi connectivity index (χ3v) is 8.90. The Hall–Kier alpha value is -1.65. The monoisotopic (exact) mass is 471 g/mol. The molecule has 2 unspecified atom stereocenters. The molecule has 3 heterocycles. The molecule has 1 aromatic heterocycles. The van der Waals surface area contributed by atoms with E-state index in [1.54, 1.807) is 34.4 Å². The van der Waals surface area contributed by atoms with Crippen LogP contribution in [0.1, 0.15) is 46.5 Å². The van der Waals surface area contributed by atoms with E-state index in [9.17, 15) is 18.0 Å². The Morgan fingerprint density at radius 2 is 1.94 bits per heavy atom. The van der Waals surface area contributed by atoms with Crippen molar-refractivity contribution in [1.82, 2.24) is 14.1 Å². The van der Waals surface area contributed by atoms with Gasteiger partial charge in [-0.2, -0.15) is 4.31 Å². The lowest BCUT2D eigenvalue weighted by Gasteiger charge is -2.37. The zero-order chi connectivity index (χ0) is 22.8. The van der Waals surface area contributed by atoms with Gasteiger partial charge < -0.3 is 14.5 Å². The van der Waals surface area contributed by atoms with Crippen molar-refractivity contribution >= 4 is 33.4 Å². The van der Waals surface area contributed by atoms with Gasteiger partial charge in [0.2, 0.25) is 5.91 Å². The number of piperidine rings is 1. The van der Waals surface area contributed by atoms with E-state index in [-0.39, 0.29) is 22.1 Å². The highest BCUT2D eigenvalue weighted by Gasteiger charge is 2.42. The summed E-state index contributed by atoms with van der Waals surface area (Å²) in [5, 5.41) is 1.73. The maximum absolute atomic E-state index is 13.3. The second-order valence-electron chi connectivity index (χ2n) is 9.36. The van der Waals surface area contributed by atoms with E-state index in [0.717, 1.165) is 12.8 Å². The van der Waals surface area contributed by atoms with Crippen LogP contribution >= 0.6 is 11.3 Å². The molecule has 2 aliphatic heterocycles. The van der Waals surface area contributed by atoms with E-state index in [1.807, 2.05) is 20.8 Å². The van der Waals surface area contributed by atoms with Crippen molar-refractivity contribution in [2.24, 2.45) is 5.92 Å². The number of carbonyl (C=O) groups is 2. The quantitative estimate of drug-likeness (QED) is 0.659. The smallest absolute Gasteiger partial charge is 0.410 e. The standard InChI is InChI=1S/C21H33N3O5S2/c1-21(2,3)29-20(26)22(4)14-16-8-5-11-23(15-16)19(25)17-9-6-12-24(17)31(27,28)18-10-7-13-30-18/h7,10,13,16-17H,5-6,8-9,11-12,14-15H2,1-4H3. The lowest BCUT2D eigenvalue weighted by Crippen LogP contribution is -2.51. The molecule has 0 aliphatic carbocycles. The Balaban J connectivity index is 1.63. The Morgan fingerprint density at radius 3 is 2.58 bits per heavy atom. The number of hydrogen-bond donors (Lipinski definition) is 0. The van der Waals surface area contributed by atoms with Gasteiger partial charge in [0.1, 0.15) is 15.9 Å². The van der Waals surface area contributed by atoms with E-state index in [2.05, 4.69) is 0 Å². The Morgan fingerprint density at radius 1 is 1.23 bits per heavy atom. The highest BCUT2D eigenvalue weighted by Crippen LogP contribution is 2.30. The highest BCUT2D eigenvalue weighted by atomic mass is 32.2. The molecule has 3 rings (SSSR count). The third kappa shape index (κ3) is 5.78. The van der Waals surface area contributed by atoms with Gasteiger partial charge in [0.25, 0.3) is 10.0 Å². The maximum Gasteiger partial charge on any atom is 0.410 e. The first kappa shape index (κ1) is 24.0. The van der Waals surface area contributed by atoms with Crippen LogP contribution < -0.4 is 0 Å². The molecule has 0 aromatic carbocycles. The largest absolute Gasteiger partial charge is 0.444 e. The van der Waals surface area contributed by atoms with E-state index < -0.39 is 21.7 Å². The summed E-state index contributed by atoms with van der Waals surface area (Å²) in [7, 11) is -1.94. The third-order valence-electron chi connectivity index (χ3n) is 5.61. The van der Waals surface area contributed by atoms with Crippen molar-refractivity contribution in [3.63, 3.8) is 0 Å². The van der Waals surface area contributed by atoms with E-state index in [4.69, 9.17) is 4.74 Å². The first-order valence-electron chi connectivity index (χ1n) is 10.8. The summed E-state index contributed by atoms with van der Waals surface area (Å²) >= 11 is 1.18. The zero-order valence-electron chi connectivity index (χ0n) is 18.7. The molecule has 31 heavy (non-hydrogen) atoms. The molecule has 0 saturated carbocycles. The zero-order valence-corrected chi connectivity index (χ0v) is 20.4. The summed E-state index contributed by atoms with van der Waals surface area (Å²) in [6.45, 7) is 7.51. The van der Waals surface area contributed by atoms with E-state index >= 15 is 0 Å². The van der Waals surface area contributed by atoms with Crippen LogP contribution in [0.3, 0.4) is 0 Å². The number of carbonyl (C=O) groups excluding carboxylic acids is 2. The summed E-state index contributed by atoms with van der Waals surface area (Å²) in [5.74, 6) is 0.0150. The van der Waals surface area contributed by atoms with Gasteiger partial charge in [-0.15, -0.1) is 11.3 Å². The summed E-state index contributed by atoms with van der Waals surface area (Å²) in [6, 6.07) is 2.65. The van der Waals surface area contributed by atoms with Crippen molar-refractivity contribution in [2.75, 3.05) is 33.2 Å². The summed E-state index contributed by atoms with van der Waals surface area (Å²) in [6.07, 6.45) is 2.60. The minimum absolute atomic E-state index is 0.123. The topological polar surface area (TPSA) is 87.2 Å². The normalized spacial score (nSPS) is 23.0. The summed E-state index contributed by atoms with van der Waals surface area (Å²) in [5.41, 5.74) is -0.556. The van der Waals surface area contributed by atoms with Crippen molar-refractivity contribution in [2.45, 2.75) is 62.3 Å². The lowest BCUT2D eigenvalue weighted by molar-refractivity contribution is -0.136. The molecule has 0 radical (unpaired) electrons. The minimum atomic E-state index is -3.65. The fraction of sp³-hybridized carbons (Fsp3) is 0.714. The molecule has 174 valence electrons. The fourth-order valence-electron chi connectivity index (χ4n) is 4.23. The van der Waals surface area contributed by atoms with Gasteiger partial charge >= 0.3 is 6.09 Å². The van der Waals surface area contributed by atoms with Gasteiger partial charge in [-0.3, -0.25) is 4.79 Å². The Kier molecular flexibility index (Phi) is 7.32. The molecule has 10 heteroatoms. The average molecular weight is 472 g/mol. The number of thiophene rings is 1. The summed E-state index contributed by atoms with van der Waals surface area (Å²) < 4.78 is 33.1. The first-order valence-corrected chi connectivity index (χ1v) is 13.1. The second kappa shape index (κ2) is 9.46. The van der Waals surface area contributed by atoms with Gasteiger partial charge in [0.05, 0.1) is 0 Å². The summed E-state index contributed by atoms with van der Waals surface area (Å²) in [4.78, 5) is 28.9. The number of likely N-dealkylation sites (tertiary alicyclic amines) is 1. The van der Waals surface area contributed by atoms with Gasteiger partial charge in [0.15, 0.2) is 0 Å².